The average Bonchev–Trinajstić information content (AvgIpc) is 2.28. The van der Waals surface area contributed by atoms with E-state index < -0.39 is 5.97 Å². The van der Waals surface area contributed by atoms with E-state index >= 15 is 0 Å². The number of anilines is 1. The van der Waals surface area contributed by atoms with Gasteiger partial charge in [0.05, 0.1) is 12.7 Å². The van der Waals surface area contributed by atoms with E-state index in [1.54, 1.807) is 13.1 Å². The Bertz CT molecular complexity index is 399. The molecule has 0 aliphatic carbocycles. The lowest BCUT2D eigenvalue weighted by Gasteiger charge is -2.09. The molecule has 80 valence electrons. The average molecular weight is 207 g/mol. The minimum atomic E-state index is -0.449. The van der Waals surface area contributed by atoms with Gasteiger partial charge in [0.25, 0.3) is 0 Å². The van der Waals surface area contributed by atoms with Crippen molar-refractivity contribution in [3.05, 3.63) is 28.8 Å². The quantitative estimate of drug-likeness (QED) is 0.604. The summed E-state index contributed by atoms with van der Waals surface area (Å²) in [4.78, 5) is 22.1. The summed E-state index contributed by atoms with van der Waals surface area (Å²) in [5.41, 5.74) is 2.43. The minimum Gasteiger partial charge on any atom is -0.465 e. The van der Waals surface area contributed by atoms with Crippen LogP contribution in [0.3, 0.4) is 0 Å². The highest BCUT2D eigenvalue weighted by Crippen LogP contribution is 2.20. The third kappa shape index (κ3) is 2.15. The summed E-state index contributed by atoms with van der Waals surface area (Å²) >= 11 is 0. The molecule has 0 unspecified atom stereocenters. The summed E-state index contributed by atoms with van der Waals surface area (Å²) in [7, 11) is 3.04. The van der Waals surface area contributed by atoms with Gasteiger partial charge < -0.3 is 10.1 Å². The second kappa shape index (κ2) is 4.59. The van der Waals surface area contributed by atoms with Crippen molar-refractivity contribution in [2.45, 2.75) is 6.92 Å². The molecule has 15 heavy (non-hydrogen) atoms. The number of carbonyl (C=O) groups is 2. The SMILES string of the molecule is CNc1cc(C(=O)OC)cc(C=O)c1C. The Labute approximate surface area is 88.2 Å². The molecule has 0 spiro atoms. The van der Waals surface area contributed by atoms with Crippen LogP contribution in [0.2, 0.25) is 0 Å². The van der Waals surface area contributed by atoms with Gasteiger partial charge in [0, 0.05) is 18.3 Å². The van der Waals surface area contributed by atoms with Crippen molar-refractivity contribution < 1.29 is 14.3 Å². The summed E-state index contributed by atoms with van der Waals surface area (Å²) < 4.78 is 4.59. The standard InChI is InChI=1S/C11H13NO3/c1-7-9(6-13)4-8(11(14)15-3)5-10(7)12-2/h4-6,12H,1-3H3. The van der Waals surface area contributed by atoms with Crippen LogP contribution in [0, 0.1) is 6.92 Å². The van der Waals surface area contributed by atoms with Gasteiger partial charge in [0.1, 0.15) is 6.29 Å². The third-order valence-corrected chi connectivity index (χ3v) is 2.27. The predicted molar refractivity (Wildman–Crippen MR) is 57.5 cm³/mol. The van der Waals surface area contributed by atoms with Crippen molar-refractivity contribution in [2.75, 3.05) is 19.5 Å². The fourth-order valence-corrected chi connectivity index (χ4v) is 1.35. The highest BCUT2D eigenvalue weighted by molar-refractivity contribution is 5.94. The molecule has 4 nitrogen and oxygen atoms in total. The number of esters is 1. The maximum Gasteiger partial charge on any atom is 0.337 e. The van der Waals surface area contributed by atoms with Gasteiger partial charge in [-0.2, -0.15) is 0 Å². The fourth-order valence-electron chi connectivity index (χ4n) is 1.35. The molecular weight excluding hydrogens is 194 g/mol. The van der Waals surface area contributed by atoms with Gasteiger partial charge in [-0.25, -0.2) is 4.79 Å². The second-order valence-electron chi connectivity index (χ2n) is 3.10. The number of ether oxygens (including phenoxy) is 1. The van der Waals surface area contributed by atoms with E-state index in [0.29, 0.717) is 11.1 Å². The van der Waals surface area contributed by atoms with E-state index in [2.05, 4.69) is 10.1 Å². The normalized spacial score (nSPS) is 9.53. The Balaban J connectivity index is 3.32. The van der Waals surface area contributed by atoms with Crippen molar-refractivity contribution >= 4 is 17.9 Å². The number of hydrogen-bond acceptors (Lipinski definition) is 4. The van der Waals surface area contributed by atoms with Gasteiger partial charge in [-0.15, -0.1) is 0 Å². The number of carbonyl (C=O) groups excluding carboxylic acids is 2. The van der Waals surface area contributed by atoms with Gasteiger partial charge in [-0.1, -0.05) is 0 Å². The van der Waals surface area contributed by atoms with E-state index in [9.17, 15) is 9.59 Å². The van der Waals surface area contributed by atoms with Crippen LogP contribution in [0.1, 0.15) is 26.3 Å². The molecule has 0 fully saturated rings. The molecule has 0 aromatic heterocycles. The van der Waals surface area contributed by atoms with Gasteiger partial charge >= 0.3 is 5.97 Å². The number of aldehydes is 1. The predicted octanol–water partition coefficient (Wildman–Crippen LogP) is 1.64. The summed E-state index contributed by atoms with van der Waals surface area (Å²) in [5.74, 6) is -0.449. The Morgan fingerprint density at radius 1 is 1.47 bits per heavy atom. The van der Waals surface area contributed by atoms with Crippen molar-refractivity contribution in [3.8, 4) is 0 Å². The molecule has 0 saturated carbocycles. The summed E-state index contributed by atoms with van der Waals surface area (Å²) in [6, 6.07) is 3.18. The molecule has 1 N–H and O–H groups in total. The van der Waals surface area contributed by atoms with E-state index in [1.807, 2.05) is 6.92 Å². The third-order valence-electron chi connectivity index (χ3n) is 2.27. The van der Waals surface area contributed by atoms with Crippen LogP contribution in [0.15, 0.2) is 12.1 Å². The molecular formula is C11H13NO3. The maximum atomic E-state index is 11.3. The Hall–Kier alpha value is -1.84. The minimum absolute atomic E-state index is 0.370. The maximum absolute atomic E-state index is 11.3. The summed E-state index contributed by atoms with van der Waals surface area (Å²) in [6.07, 6.45) is 0.725. The summed E-state index contributed by atoms with van der Waals surface area (Å²) in [5, 5.41) is 2.92. The molecule has 0 bridgehead atoms. The molecule has 0 amide bonds. The van der Waals surface area contributed by atoms with Crippen molar-refractivity contribution in [3.63, 3.8) is 0 Å². The molecule has 0 saturated heterocycles. The molecule has 0 heterocycles. The van der Waals surface area contributed by atoms with Crippen LogP contribution < -0.4 is 5.32 Å². The molecule has 4 heteroatoms. The van der Waals surface area contributed by atoms with Crippen LogP contribution in [-0.4, -0.2) is 26.4 Å². The van der Waals surface area contributed by atoms with Crippen molar-refractivity contribution in [1.82, 2.24) is 0 Å². The Morgan fingerprint density at radius 3 is 2.60 bits per heavy atom. The molecule has 1 aromatic carbocycles. The topological polar surface area (TPSA) is 55.4 Å². The molecule has 0 atom stereocenters. The van der Waals surface area contributed by atoms with Gasteiger partial charge in [0.2, 0.25) is 0 Å². The highest BCUT2D eigenvalue weighted by atomic mass is 16.5. The van der Waals surface area contributed by atoms with E-state index in [1.165, 1.54) is 13.2 Å². The molecule has 0 aliphatic rings. The molecule has 1 aromatic rings. The van der Waals surface area contributed by atoms with Gasteiger partial charge in [-0.05, 0) is 24.6 Å². The smallest absolute Gasteiger partial charge is 0.337 e. The molecule has 1 rings (SSSR count). The van der Waals surface area contributed by atoms with Crippen LogP contribution in [0.5, 0.6) is 0 Å². The van der Waals surface area contributed by atoms with Crippen LogP contribution in [0.4, 0.5) is 5.69 Å². The van der Waals surface area contributed by atoms with Crippen molar-refractivity contribution in [1.29, 1.82) is 0 Å². The number of rotatable bonds is 3. The Kier molecular flexibility index (Phi) is 3.44. The lowest BCUT2D eigenvalue weighted by Crippen LogP contribution is -2.05. The van der Waals surface area contributed by atoms with E-state index in [-0.39, 0.29) is 0 Å². The second-order valence-corrected chi connectivity index (χ2v) is 3.10. The van der Waals surface area contributed by atoms with Crippen LogP contribution in [-0.2, 0) is 4.74 Å². The van der Waals surface area contributed by atoms with Gasteiger partial charge in [-0.3, -0.25) is 4.79 Å². The Morgan fingerprint density at radius 2 is 2.13 bits per heavy atom. The van der Waals surface area contributed by atoms with Crippen molar-refractivity contribution in [2.24, 2.45) is 0 Å². The zero-order valence-electron chi connectivity index (χ0n) is 8.96. The van der Waals surface area contributed by atoms with Gasteiger partial charge in [0.15, 0.2) is 0 Å². The first-order valence-corrected chi connectivity index (χ1v) is 4.50. The number of benzene rings is 1. The number of hydrogen-bond donors (Lipinski definition) is 1. The lowest BCUT2D eigenvalue weighted by molar-refractivity contribution is 0.0601. The largest absolute Gasteiger partial charge is 0.465 e. The number of nitrogens with one attached hydrogen (secondary N) is 1. The zero-order valence-corrected chi connectivity index (χ0v) is 8.96. The lowest BCUT2D eigenvalue weighted by atomic mass is 10.0. The van der Waals surface area contributed by atoms with Crippen LogP contribution >= 0.6 is 0 Å². The zero-order chi connectivity index (χ0) is 11.4. The number of methoxy groups -OCH3 is 1. The monoisotopic (exact) mass is 207 g/mol. The molecule has 0 radical (unpaired) electrons. The molecule has 0 aliphatic heterocycles. The highest BCUT2D eigenvalue weighted by Gasteiger charge is 2.11. The first-order chi connectivity index (χ1) is 7.13. The first-order valence-electron chi connectivity index (χ1n) is 4.50. The van der Waals surface area contributed by atoms with E-state index in [4.69, 9.17) is 0 Å². The van der Waals surface area contributed by atoms with Crippen LogP contribution in [0.25, 0.3) is 0 Å². The fraction of sp³-hybridized carbons (Fsp3) is 0.273. The first kappa shape index (κ1) is 11.2. The summed E-state index contributed by atoms with van der Waals surface area (Å²) in [6.45, 7) is 1.82. The van der Waals surface area contributed by atoms with E-state index in [0.717, 1.165) is 17.5 Å².